The highest BCUT2D eigenvalue weighted by atomic mass is 16.5. The normalized spacial score (nSPS) is 10.6. The molecule has 0 radical (unpaired) electrons. The van der Waals surface area contributed by atoms with Crippen molar-refractivity contribution in [2.45, 2.75) is 20.3 Å². The van der Waals surface area contributed by atoms with E-state index in [0.29, 0.717) is 26.4 Å². The van der Waals surface area contributed by atoms with E-state index in [0.717, 1.165) is 31.1 Å². The predicted molar refractivity (Wildman–Crippen MR) is 99.7 cm³/mol. The second-order valence-corrected chi connectivity index (χ2v) is 5.56. The minimum Gasteiger partial charge on any atom is -0.491 e. The van der Waals surface area contributed by atoms with Crippen LogP contribution in [0.15, 0.2) is 48.5 Å². The Bertz CT molecular complexity index is 524. The molecule has 0 aliphatic rings. The Morgan fingerprint density at radius 3 is 1.32 bits per heavy atom. The van der Waals surface area contributed by atoms with Crippen LogP contribution in [0.3, 0.4) is 0 Å². The molecule has 4 nitrogen and oxygen atoms in total. The Balaban J connectivity index is 1.77. The van der Waals surface area contributed by atoms with E-state index in [1.807, 2.05) is 38.1 Å². The summed E-state index contributed by atoms with van der Waals surface area (Å²) in [7, 11) is 0. The zero-order valence-electron chi connectivity index (χ0n) is 15.2. The van der Waals surface area contributed by atoms with Crippen LogP contribution >= 0.6 is 0 Å². The maximum absolute atomic E-state index is 5.63. The molecule has 0 N–H and O–H groups in total. The molecule has 0 unspecified atom stereocenters. The number of ether oxygens (including phenoxy) is 4. The molecular formula is C21H28O4. The molecular weight excluding hydrogens is 316 g/mol. The van der Waals surface area contributed by atoms with Crippen LogP contribution in [0, 0.1) is 0 Å². The smallest absolute Gasteiger partial charge is 0.119 e. The van der Waals surface area contributed by atoms with Gasteiger partial charge in [-0.25, -0.2) is 0 Å². The molecule has 0 heterocycles. The minimum atomic E-state index is 0.581. The molecule has 0 aliphatic heterocycles. The standard InChI is InChI=1S/C21H28O4/c1-3-22-13-15-24-20-9-5-18(6-10-20)17-19-7-11-21(12-8-19)25-16-14-23-4-2/h5-12H,3-4,13-17H2,1-2H3. The third kappa shape index (κ3) is 7.59. The van der Waals surface area contributed by atoms with Crippen LogP contribution in [-0.2, 0) is 15.9 Å². The summed E-state index contributed by atoms with van der Waals surface area (Å²) in [5.41, 5.74) is 2.50. The van der Waals surface area contributed by atoms with E-state index >= 15 is 0 Å². The molecule has 0 saturated carbocycles. The van der Waals surface area contributed by atoms with Crippen molar-refractivity contribution in [3.63, 3.8) is 0 Å². The number of rotatable bonds is 12. The van der Waals surface area contributed by atoms with E-state index in [1.54, 1.807) is 0 Å². The molecule has 0 spiro atoms. The third-order valence-corrected chi connectivity index (χ3v) is 3.66. The van der Waals surface area contributed by atoms with Gasteiger partial charge in [-0.1, -0.05) is 24.3 Å². The Kier molecular flexibility index (Phi) is 8.87. The van der Waals surface area contributed by atoms with Gasteiger partial charge < -0.3 is 18.9 Å². The first-order valence-corrected chi connectivity index (χ1v) is 8.90. The van der Waals surface area contributed by atoms with Crippen molar-refractivity contribution in [1.82, 2.24) is 0 Å². The fourth-order valence-electron chi connectivity index (χ4n) is 2.37. The van der Waals surface area contributed by atoms with Crippen molar-refractivity contribution in [1.29, 1.82) is 0 Å². The van der Waals surface area contributed by atoms with Gasteiger partial charge in [0.2, 0.25) is 0 Å². The largest absolute Gasteiger partial charge is 0.491 e. The average Bonchev–Trinajstić information content (AvgIpc) is 2.65. The second kappa shape index (κ2) is 11.5. The van der Waals surface area contributed by atoms with Crippen molar-refractivity contribution < 1.29 is 18.9 Å². The van der Waals surface area contributed by atoms with Gasteiger partial charge in [0.1, 0.15) is 24.7 Å². The van der Waals surface area contributed by atoms with Gasteiger partial charge in [-0.15, -0.1) is 0 Å². The molecule has 4 heteroatoms. The summed E-state index contributed by atoms with van der Waals surface area (Å²) in [6, 6.07) is 16.4. The number of hydrogen-bond acceptors (Lipinski definition) is 4. The summed E-state index contributed by atoms with van der Waals surface area (Å²) in [4.78, 5) is 0. The zero-order chi connectivity index (χ0) is 17.7. The molecule has 0 fully saturated rings. The van der Waals surface area contributed by atoms with Crippen LogP contribution in [0.25, 0.3) is 0 Å². The van der Waals surface area contributed by atoms with Gasteiger partial charge in [0.05, 0.1) is 13.2 Å². The first-order valence-electron chi connectivity index (χ1n) is 8.90. The van der Waals surface area contributed by atoms with Crippen LogP contribution in [0.5, 0.6) is 11.5 Å². The van der Waals surface area contributed by atoms with Crippen LogP contribution in [0.1, 0.15) is 25.0 Å². The number of hydrogen-bond donors (Lipinski definition) is 0. The van der Waals surface area contributed by atoms with Gasteiger partial charge in [0, 0.05) is 13.2 Å². The third-order valence-electron chi connectivity index (χ3n) is 3.66. The summed E-state index contributed by atoms with van der Waals surface area (Å²) >= 11 is 0. The molecule has 2 aromatic carbocycles. The second-order valence-electron chi connectivity index (χ2n) is 5.56. The SMILES string of the molecule is CCOCCOc1ccc(Cc2ccc(OCCOCC)cc2)cc1. The van der Waals surface area contributed by atoms with Gasteiger partial charge in [-0.3, -0.25) is 0 Å². The molecule has 0 atom stereocenters. The predicted octanol–water partition coefficient (Wildman–Crippen LogP) is 4.11. The Morgan fingerprint density at radius 2 is 0.960 bits per heavy atom. The van der Waals surface area contributed by atoms with E-state index in [1.165, 1.54) is 11.1 Å². The lowest BCUT2D eigenvalue weighted by Gasteiger charge is -2.09. The highest BCUT2D eigenvalue weighted by molar-refractivity contribution is 5.34. The van der Waals surface area contributed by atoms with E-state index in [9.17, 15) is 0 Å². The first-order chi connectivity index (χ1) is 12.3. The van der Waals surface area contributed by atoms with E-state index < -0.39 is 0 Å². The van der Waals surface area contributed by atoms with Crippen LogP contribution < -0.4 is 9.47 Å². The summed E-state index contributed by atoms with van der Waals surface area (Å²) in [6.07, 6.45) is 0.887. The van der Waals surface area contributed by atoms with Crippen LogP contribution in [0.4, 0.5) is 0 Å². The monoisotopic (exact) mass is 344 g/mol. The molecule has 2 rings (SSSR count). The molecule has 0 aliphatic carbocycles. The molecule has 0 amide bonds. The van der Waals surface area contributed by atoms with Gasteiger partial charge in [0.25, 0.3) is 0 Å². The molecule has 25 heavy (non-hydrogen) atoms. The van der Waals surface area contributed by atoms with E-state index in [-0.39, 0.29) is 0 Å². The van der Waals surface area contributed by atoms with Crippen LogP contribution in [-0.4, -0.2) is 39.6 Å². The fraction of sp³-hybridized carbons (Fsp3) is 0.429. The van der Waals surface area contributed by atoms with Gasteiger partial charge in [0.15, 0.2) is 0 Å². The Labute approximate surface area is 150 Å². The highest BCUT2D eigenvalue weighted by Crippen LogP contribution is 2.18. The van der Waals surface area contributed by atoms with Crippen molar-refractivity contribution in [3.8, 4) is 11.5 Å². The summed E-state index contributed by atoms with van der Waals surface area (Å²) in [5, 5.41) is 0. The maximum atomic E-state index is 5.63. The van der Waals surface area contributed by atoms with Gasteiger partial charge >= 0.3 is 0 Å². The van der Waals surface area contributed by atoms with Crippen molar-refractivity contribution >= 4 is 0 Å². The Morgan fingerprint density at radius 1 is 0.560 bits per heavy atom. The Hall–Kier alpha value is -2.04. The van der Waals surface area contributed by atoms with Crippen molar-refractivity contribution in [3.05, 3.63) is 59.7 Å². The summed E-state index contributed by atoms with van der Waals surface area (Å²) < 4.78 is 21.8. The molecule has 136 valence electrons. The first kappa shape index (κ1) is 19.3. The lowest BCUT2D eigenvalue weighted by molar-refractivity contribution is 0.110. The van der Waals surface area contributed by atoms with Crippen molar-refractivity contribution in [2.75, 3.05) is 39.6 Å². The van der Waals surface area contributed by atoms with E-state index in [2.05, 4.69) is 24.3 Å². The van der Waals surface area contributed by atoms with E-state index in [4.69, 9.17) is 18.9 Å². The topological polar surface area (TPSA) is 36.9 Å². The van der Waals surface area contributed by atoms with Gasteiger partial charge in [-0.05, 0) is 55.7 Å². The lowest BCUT2D eigenvalue weighted by atomic mass is 10.0. The summed E-state index contributed by atoms with van der Waals surface area (Å²) in [5.74, 6) is 1.75. The minimum absolute atomic E-state index is 0.581. The average molecular weight is 344 g/mol. The summed E-state index contributed by atoms with van der Waals surface area (Å²) in [6.45, 7) is 7.81. The molecule has 0 aromatic heterocycles. The molecule has 2 aromatic rings. The molecule has 0 bridgehead atoms. The maximum Gasteiger partial charge on any atom is 0.119 e. The van der Waals surface area contributed by atoms with Crippen LogP contribution in [0.2, 0.25) is 0 Å². The van der Waals surface area contributed by atoms with Crippen molar-refractivity contribution in [2.24, 2.45) is 0 Å². The highest BCUT2D eigenvalue weighted by Gasteiger charge is 2.00. The zero-order valence-corrected chi connectivity index (χ0v) is 15.2. The molecule has 0 saturated heterocycles. The quantitative estimate of drug-likeness (QED) is 0.543. The fourth-order valence-corrected chi connectivity index (χ4v) is 2.37. The van der Waals surface area contributed by atoms with Gasteiger partial charge in [-0.2, -0.15) is 0 Å². The lowest BCUT2D eigenvalue weighted by Crippen LogP contribution is -2.06. The number of benzene rings is 2.